The number of rotatable bonds is 56. The van der Waals surface area contributed by atoms with E-state index in [2.05, 4.69) is 142 Å². The van der Waals surface area contributed by atoms with Gasteiger partial charge in [0.15, 0.2) is 6.10 Å². The number of esters is 2. The molecular weight excluding hydrogens is 909 g/mol. The topological polar surface area (TPSA) is 61.8 Å². The van der Waals surface area contributed by atoms with E-state index in [1.165, 1.54) is 116 Å². The molecular formula is C69H116O5. The van der Waals surface area contributed by atoms with E-state index in [-0.39, 0.29) is 25.2 Å². The summed E-state index contributed by atoms with van der Waals surface area (Å²) in [5, 5.41) is 0. The summed E-state index contributed by atoms with van der Waals surface area (Å²) in [5.41, 5.74) is 0. The Hall–Kier alpha value is -3.70. The minimum atomic E-state index is -0.576. The first kappa shape index (κ1) is 70.3. The highest BCUT2D eigenvalue weighted by molar-refractivity contribution is 5.70. The zero-order valence-electron chi connectivity index (χ0n) is 48.6. The third kappa shape index (κ3) is 60.9. The van der Waals surface area contributed by atoms with Crippen LogP contribution in [0.2, 0.25) is 0 Å². The first-order valence-electron chi connectivity index (χ1n) is 31.1. The molecule has 0 saturated carbocycles. The molecule has 0 aliphatic carbocycles. The Morgan fingerprint density at radius 2 is 0.608 bits per heavy atom. The highest BCUT2D eigenvalue weighted by atomic mass is 16.6. The van der Waals surface area contributed by atoms with Crippen molar-refractivity contribution in [3.05, 3.63) is 122 Å². The van der Waals surface area contributed by atoms with E-state index >= 15 is 0 Å². The lowest BCUT2D eigenvalue weighted by Gasteiger charge is -2.18. The van der Waals surface area contributed by atoms with Gasteiger partial charge in [-0.15, -0.1) is 0 Å². The van der Waals surface area contributed by atoms with Gasteiger partial charge in [0.05, 0.1) is 6.61 Å². The van der Waals surface area contributed by atoms with Crippen LogP contribution < -0.4 is 0 Å². The summed E-state index contributed by atoms with van der Waals surface area (Å²) in [7, 11) is 0. The molecule has 74 heavy (non-hydrogen) atoms. The average Bonchev–Trinajstić information content (AvgIpc) is 3.40. The smallest absolute Gasteiger partial charge is 0.306 e. The van der Waals surface area contributed by atoms with E-state index in [9.17, 15) is 9.59 Å². The molecule has 0 amide bonds. The Labute approximate surface area is 458 Å². The van der Waals surface area contributed by atoms with Crippen LogP contribution in [0.3, 0.4) is 0 Å². The van der Waals surface area contributed by atoms with Crippen LogP contribution in [-0.2, 0) is 23.8 Å². The van der Waals surface area contributed by atoms with Gasteiger partial charge in [0.25, 0.3) is 0 Å². The molecule has 0 fully saturated rings. The second kappa shape index (κ2) is 63.6. The first-order chi connectivity index (χ1) is 36.6. The van der Waals surface area contributed by atoms with Crippen LogP contribution in [0.4, 0.5) is 0 Å². The molecule has 422 valence electrons. The summed E-state index contributed by atoms with van der Waals surface area (Å²) in [5.74, 6) is -0.469. The van der Waals surface area contributed by atoms with Crippen molar-refractivity contribution in [2.45, 2.75) is 284 Å². The number of ether oxygens (including phenoxy) is 3. The van der Waals surface area contributed by atoms with E-state index in [0.29, 0.717) is 19.4 Å². The van der Waals surface area contributed by atoms with Gasteiger partial charge < -0.3 is 14.2 Å². The van der Waals surface area contributed by atoms with Gasteiger partial charge in [-0.3, -0.25) is 9.59 Å². The Kier molecular flexibility index (Phi) is 60.4. The van der Waals surface area contributed by atoms with Crippen molar-refractivity contribution in [3.8, 4) is 0 Å². The zero-order valence-corrected chi connectivity index (χ0v) is 48.6. The molecule has 5 nitrogen and oxygen atoms in total. The fraction of sp³-hybridized carbons (Fsp3) is 0.681. The lowest BCUT2D eigenvalue weighted by atomic mass is 10.0. The van der Waals surface area contributed by atoms with Crippen LogP contribution in [0, 0.1) is 0 Å². The van der Waals surface area contributed by atoms with Gasteiger partial charge in [-0.25, -0.2) is 0 Å². The van der Waals surface area contributed by atoms with Crippen molar-refractivity contribution in [2.75, 3.05) is 19.8 Å². The number of carbonyl (C=O) groups excluding carboxylic acids is 2. The van der Waals surface area contributed by atoms with Gasteiger partial charge in [-0.2, -0.15) is 0 Å². The normalized spacial score (nSPS) is 13.1. The zero-order chi connectivity index (χ0) is 53.4. The van der Waals surface area contributed by atoms with Crippen molar-refractivity contribution in [2.24, 2.45) is 0 Å². The van der Waals surface area contributed by atoms with E-state index in [4.69, 9.17) is 14.2 Å². The molecule has 0 rings (SSSR count). The Bertz CT molecular complexity index is 1490. The SMILES string of the molecule is CC/C=C\C/C=C\C/C=C\C/C=C\C/C=C\CCCCCC(=O)OCC(COCCCCCCCCCCCCCCCCCCCCCC)OC(=O)CCCCC/C=C\C/C=C\C/C=C\C/C=C\C/C=C\CC. The lowest BCUT2D eigenvalue weighted by molar-refractivity contribution is -0.163. The molecule has 0 N–H and O–H groups in total. The molecule has 0 aromatic rings. The van der Waals surface area contributed by atoms with Crippen LogP contribution in [0.25, 0.3) is 0 Å². The fourth-order valence-corrected chi connectivity index (χ4v) is 8.45. The molecule has 0 spiro atoms. The van der Waals surface area contributed by atoms with Gasteiger partial charge in [-0.05, 0) is 109 Å². The summed E-state index contributed by atoms with van der Waals surface area (Å²) < 4.78 is 17.5. The molecule has 1 unspecified atom stereocenters. The number of allylic oxidation sites excluding steroid dienone is 20. The second-order valence-corrected chi connectivity index (χ2v) is 20.2. The summed E-state index contributed by atoms with van der Waals surface area (Å²) in [6, 6.07) is 0. The standard InChI is InChI=1S/C69H116O5/c1-4-7-10-13-16-19-22-25-28-31-34-37-40-43-46-49-52-55-58-61-64-72-65-67(74-69(71)63-60-57-54-51-48-45-42-39-36-33-30-27-24-21-18-15-12-9-6-3)66-73-68(70)62-59-56-53-50-47-44-41-38-35-32-29-26-23-20-17-14-11-8-5-2/h8-9,11-12,17-18,20-21,26-27,29-30,35-36,38-39,44-45,47-48,67H,4-7,10,13-16,19,22-25,28,31-34,37,40-43,46,49-66H2,1-3H3/b11-8-,12-9-,20-17-,21-18-,29-26-,30-27-,38-35-,39-36-,47-44-,48-45-. The molecule has 0 heterocycles. The number of carbonyl (C=O) groups is 2. The molecule has 0 aromatic heterocycles. The maximum atomic E-state index is 12.9. The van der Waals surface area contributed by atoms with Crippen molar-refractivity contribution in [3.63, 3.8) is 0 Å². The van der Waals surface area contributed by atoms with Crippen molar-refractivity contribution >= 4 is 11.9 Å². The van der Waals surface area contributed by atoms with E-state index in [1.807, 2.05) is 0 Å². The molecule has 0 aromatic carbocycles. The predicted molar refractivity (Wildman–Crippen MR) is 325 cm³/mol. The molecule has 1 atom stereocenters. The van der Waals surface area contributed by atoms with Crippen LogP contribution in [0.1, 0.15) is 278 Å². The molecule has 0 saturated heterocycles. The van der Waals surface area contributed by atoms with Crippen molar-refractivity contribution < 1.29 is 23.8 Å². The minimum absolute atomic E-state index is 0.0495. The van der Waals surface area contributed by atoms with Gasteiger partial charge in [0, 0.05) is 19.4 Å². The molecule has 0 bridgehead atoms. The largest absolute Gasteiger partial charge is 0.462 e. The van der Waals surface area contributed by atoms with Gasteiger partial charge in [-0.1, -0.05) is 277 Å². The van der Waals surface area contributed by atoms with Crippen LogP contribution >= 0.6 is 0 Å². The number of hydrogen-bond donors (Lipinski definition) is 0. The Morgan fingerprint density at radius 1 is 0.311 bits per heavy atom. The highest BCUT2D eigenvalue weighted by Gasteiger charge is 2.17. The Morgan fingerprint density at radius 3 is 0.959 bits per heavy atom. The maximum absolute atomic E-state index is 12.9. The fourth-order valence-electron chi connectivity index (χ4n) is 8.45. The summed E-state index contributed by atoms with van der Waals surface area (Å²) in [4.78, 5) is 25.6. The second-order valence-electron chi connectivity index (χ2n) is 20.2. The first-order valence-corrected chi connectivity index (χ1v) is 31.1. The quantitative estimate of drug-likeness (QED) is 0.0345. The molecule has 0 aliphatic rings. The van der Waals surface area contributed by atoms with Crippen molar-refractivity contribution in [1.29, 1.82) is 0 Å². The predicted octanol–water partition coefficient (Wildman–Crippen LogP) is 21.7. The van der Waals surface area contributed by atoms with Gasteiger partial charge >= 0.3 is 11.9 Å². The third-order valence-electron chi connectivity index (χ3n) is 13.0. The van der Waals surface area contributed by atoms with Crippen molar-refractivity contribution in [1.82, 2.24) is 0 Å². The van der Waals surface area contributed by atoms with E-state index in [0.717, 1.165) is 128 Å². The van der Waals surface area contributed by atoms with Gasteiger partial charge in [0.1, 0.15) is 6.61 Å². The molecule has 5 heteroatoms. The summed E-state index contributed by atoms with van der Waals surface area (Å²) in [6.45, 7) is 7.55. The maximum Gasteiger partial charge on any atom is 0.306 e. The Balaban J connectivity index is 4.40. The number of hydrogen-bond acceptors (Lipinski definition) is 5. The lowest BCUT2D eigenvalue weighted by Crippen LogP contribution is -2.30. The summed E-state index contributed by atoms with van der Waals surface area (Å²) in [6.07, 6.45) is 89.5. The van der Waals surface area contributed by atoms with E-state index < -0.39 is 6.10 Å². The molecule has 0 aliphatic heterocycles. The van der Waals surface area contributed by atoms with Gasteiger partial charge in [0.2, 0.25) is 0 Å². The number of unbranched alkanes of at least 4 members (excludes halogenated alkanes) is 25. The summed E-state index contributed by atoms with van der Waals surface area (Å²) >= 11 is 0. The van der Waals surface area contributed by atoms with Crippen LogP contribution in [0.15, 0.2) is 122 Å². The van der Waals surface area contributed by atoms with Crippen LogP contribution in [0.5, 0.6) is 0 Å². The highest BCUT2D eigenvalue weighted by Crippen LogP contribution is 2.16. The monoisotopic (exact) mass is 1020 g/mol. The van der Waals surface area contributed by atoms with Crippen LogP contribution in [-0.4, -0.2) is 37.9 Å². The molecule has 0 radical (unpaired) electrons. The minimum Gasteiger partial charge on any atom is -0.462 e. The third-order valence-corrected chi connectivity index (χ3v) is 13.0. The average molecular weight is 1030 g/mol. The van der Waals surface area contributed by atoms with E-state index in [1.54, 1.807) is 0 Å².